The van der Waals surface area contributed by atoms with Gasteiger partial charge in [0.15, 0.2) is 0 Å². The normalized spacial score (nSPS) is 12.4. The molecular formula is C12H13ClN2OS. The van der Waals surface area contributed by atoms with Gasteiger partial charge in [-0.25, -0.2) is 0 Å². The average Bonchev–Trinajstić information content (AvgIpc) is 2.81. The number of aromatic nitrogens is 1. The molecule has 1 heterocycles. The fraction of sp³-hybridized carbons (Fsp3) is 0.250. The van der Waals surface area contributed by atoms with Crippen LogP contribution in [0.15, 0.2) is 36.0 Å². The zero-order chi connectivity index (χ0) is 12.1. The number of nitrogens with zero attached hydrogens (tertiary/aromatic N) is 1. The van der Waals surface area contributed by atoms with Crippen LogP contribution in [0.1, 0.15) is 4.88 Å². The Balaban J connectivity index is 1.79. The quantitative estimate of drug-likeness (QED) is 0.907. The molecule has 0 saturated carbocycles. The minimum Gasteiger partial charge on any atom is -0.492 e. The Labute approximate surface area is 109 Å². The first-order chi connectivity index (χ1) is 8.24. The van der Waals surface area contributed by atoms with E-state index in [4.69, 9.17) is 22.1 Å². The molecule has 0 spiro atoms. The first-order valence-electron chi connectivity index (χ1n) is 5.25. The number of hydrogen-bond donors (Lipinski definition) is 1. The maximum atomic E-state index is 5.97. The standard InChI is InChI=1S/C12H13ClN2OS/c13-9-1-3-11(4-2-9)16-7-10(14)5-12-6-15-8-17-12/h1-4,6,8,10H,5,7,14H2. The summed E-state index contributed by atoms with van der Waals surface area (Å²) in [5.41, 5.74) is 7.78. The SMILES string of the molecule is NC(COc1ccc(Cl)cc1)Cc1cncs1. The van der Waals surface area contributed by atoms with E-state index in [1.165, 1.54) is 4.88 Å². The smallest absolute Gasteiger partial charge is 0.119 e. The Hall–Kier alpha value is -1.10. The number of halogens is 1. The van der Waals surface area contributed by atoms with Gasteiger partial charge in [0, 0.05) is 28.6 Å². The monoisotopic (exact) mass is 268 g/mol. The number of nitrogens with two attached hydrogens (primary N) is 1. The van der Waals surface area contributed by atoms with Gasteiger partial charge in [-0.3, -0.25) is 4.98 Å². The van der Waals surface area contributed by atoms with Crippen LogP contribution in [-0.4, -0.2) is 17.6 Å². The van der Waals surface area contributed by atoms with E-state index in [0.717, 1.165) is 12.2 Å². The van der Waals surface area contributed by atoms with Crippen LogP contribution in [0.25, 0.3) is 0 Å². The Morgan fingerprint density at radius 3 is 2.76 bits per heavy atom. The van der Waals surface area contributed by atoms with Crippen LogP contribution < -0.4 is 10.5 Å². The van der Waals surface area contributed by atoms with Crippen LogP contribution in [0.2, 0.25) is 5.02 Å². The summed E-state index contributed by atoms with van der Waals surface area (Å²) in [6.45, 7) is 0.486. The fourth-order valence-corrected chi connectivity index (χ4v) is 2.21. The van der Waals surface area contributed by atoms with Gasteiger partial charge in [-0.1, -0.05) is 11.6 Å². The Kier molecular flexibility index (Phi) is 4.36. The highest BCUT2D eigenvalue weighted by atomic mass is 35.5. The lowest BCUT2D eigenvalue weighted by Gasteiger charge is -2.12. The average molecular weight is 269 g/mol. The van der Waals surface area contributed by atoms with Gasteiger partial charge in [0.2, 0.25) is 0 Å². The number of thiazole rings is 1. The van der Waals surface area contributed by atoms with Gasteiger partial charge in [0.25, 0.3) is 0 Å². The molecule has 0 radical (unpaired) electrons. The van der Waals surface area contributed by atoms with Gasteiger partial charge < -0.3 is 10.5 Å². The summed E-state index contributed by atoms with van der Waals surface area (Å²) in [4.78, 5) is 5.19. The molecule has 0 aliphatic carbocycles. The van der Waals surface area contributed by atoms with Crippen LogP contribution in [-0.2, 0) is 6.42 Å². The van der Waals surface area contributed by atoms with Gasteiger partial charge in [0.1, 0.15) is 12.4 Å². The second kappa shape index (κ2) is 6.00. The summed E-state index contributed by atoms with van der Waals surface area (Å²) in [6, 6.07) is 7.24. The van der Waals surface area contributed by atoms with Crippen LogP contribution in [0, 0.1) is 0 Å². The van der Waals surface area contributed by atoms with Crippen LogP contribution in [0.5, 0.6) is 5.75 Å². The molecular weight excluding hydrogens is 256 g/mol. The molecule has 2 N–H and O–H groups in total. The van der Waals surface area contributed by atoms with Crippen molar-refractivity contribution in [2.45, 2.75) is 12.5 Å². The topological polar surface area (TPSA) is 48.1 Å². The van der Waals surface area contributed by atoms with Gasteiger partial charge in [-0.2, -0.15) is 0 Å². The van der Waals surface area contributed by atoms with Gasteiger partial charge >= 0.3 is 0 Å². The third kappa shape index (κ3) is 4.00. The lowest BCUT2D eigenvalue weighted by Crippen LogP contribution is -2.29. The van der Waals surface area contributed by atoms with Gasteiger partial charge in [-0.15, -0.1) is 11.3 Å². The third-order valence-electron chi connectivity index (χ3n) is 2.22. The van der Waals surface area contributed by atoms with Crippen molar-refractivity contribution in [3.05, 3.63) is 45.9 Å². The van der Waals surface area contributed by atoms with E-state index in [1.807, 2.05) is 23.8 Å². The van der Waals surface area contributed by atoms with E-state index in [0.29, 0.717) is 11.6 Å². The molecule has 0 bridgehead atoms. The molecule has 90 valence electrons. The van der Waals surface area contributed by atoms with Crippen molar-refractivity contribution in [3.63, 3.8) is 0 Å². The Bertz CT molecular complexity index is 444. The summed E-state index contributed by atoms with van der Waals surface area (Å²) in [5, 5.41) is 0.700. The van der Waals surface area contributed by atoms with Crippen molar-refractivity contribution in [1.29, 1.82) is 0 Å². The fourth-order valence-electron chi connectivity index (χ4n) is 1.39. The van der Waals surface area contributed by atoms with E-state index >= 15 is 0 Å². The van der Waals surface area contributed by atoms with Crippen LogP contribution in [0.3, 0.4) is 0 Å². The van der Waals surface area contributed by atoms with Crippen LogP contribution in [0.4, 0.5) is 0 Å². The number of hydrogen-bond acceptors (Lipinski definition) is 4. The largest absolute Gasteiger partial charge is 0.492 e. The number of ether oxygens (including phenoxy) is 1. The van der Waals surface area contributed by atoms with Gasteiger partial charge in [-0.05, 0) is 24.3 Å². The molecule has 2 aromatic rings. The molecule has 1 unspecified atom stereocenters. The summed E-state index contributed by atoms with van der Waals surface area (Å²) in [5.74, 6) is 0.786. The minimum atomic E-state index is -0.0221. The first-order valence-corrected chi connectivity index (χ1v) is 6.51. The highest BCUT2D eigenvalue weighted by Crippen LogP contribution is 2.16. The number of benzene rings is 1. The van der Waals surface area contributed by atoms with E-state index in [1.54, 1.807) is 23.5 Å². The summed E-state index contributed by atoms with van der Waals surface area (Å²) >= 11 is 7.39. The molecule has 3 nitrogen and oxygen atoms in total. The second-order valence-corrected chi connectivity index (χ2v) is 5.10. The second-order valence-electron chi connectivity index (χ2n) is 3.70. The zero-order valence-corrected chi connectivity index (χ0v) is 10.7. The van der Waals surface area contributed by atoms with Crippen molar-refractivity contribution in [2.24, 2.45) is 5.73 Å². The molecule has 5 heteroatoms. The van der Waals surface area contributed by atoms with E-state index < -0.39 is 0 Å². The molecule has 1 atom stereocenters. The van der Waals surface area contributed by atoms with Crippen molar-refractivity contribution in [1.82, 2.24) is 4.98 Å². The van der Waals surface area contributed by atoms with Crippen molar-refractivity contribution in [2.75, 3.05) is 6.61 Å². The molecule has 0 aliphatic heterocycles. The zero-order valence-electron chi connectivity index (χ0n) is 9.17. The molecule has 0 fully saturated rings. The maximum absolute atomic E-state index is 5.97. The van der Waals surface area contributed by atoms with Crippen molar-refractivity contribution in [3.8, 4) is 5.75 Å². The molecule has 17 heavy (non-hydrogen) atoms. The molecule has 1 aromatic heterocycles. The third-order valence-corrected chi connectivity index (χ3v) is 3.28. The number of rotatable bonds is 5. The lowest BCUT2D eigenvalue weighted by atomic mass is 10.2. The summed E-state index contributed by atoms with van der Waals surface area (Å²) < 4.78 is 5.57. The molecule has 2 rings (SSSR count). The van der Waals surface area contributed by atoms with E-state index in [9.17, 15) is 0 Å². The van der Waals surface area contributed by atoms with Crippen LogP contribution >= 0.6 is 22.9 Å². The molecule has 0 amide bonds. The predicted molar refractivity (Wildman–Crippen MR) is 70.7 cm³/mol. The maximum Gasteiger partial charge on any atom is 0.119 e. The van der Waals surface area contributed by atoms with Gasteiger partial charge in [0.05, 0.1) is 5.51 Å². The highest BCUT2D eigenvalue weighted by Gasteiger charge is 2.06. The predicted octanol–water partition coefficient (Wildman–Crippen LogP) is 2.75. The first kappa shape index (κ1) is 12.4. The summed E-state index contributed by atoms with van der Waals surface area (Å²) in [6.07, 6.45) is 2.63. The molecule has 0 aliphatic rings. The van der Waals surface area contributed by atoms with Crippen molar-refractivity contribution < 1.29 is 4.74 Å². The Morgan fingerprint density at radius 2 is 2.12 bits per heavy atom. The van der Waals surface area contributed by atoms with E-state index in [2.05, 4.69) is 4.98 Å². The Morgan fingerprint density at radius 1 is 1.35 bits per heavy atom. The van der Waals surface area contributed by atoms with E-state index in [-0.39, 0.29) is 6.04 Å². The highest BCUT2D eigenvalue weighted by molar-refractivity contribution is 7.09. The summed E-state index contributed by atoms with van der Waals surface area (Å²) in [7, 11) is 0. The molecule has 0 saturated heterocycles. The minimum absolute atomic E-state index is 0.0221. The van der Waals surface area contributed by atoms with Crippen molar-refractivity contribution >= 4 is 22.9 Å². The molecule has 1 aromatic carbocycles. The lowest BCUT2D eigenvalue weighted by molar-refractivity contribution is 0.288.